The number of carbonyl (C=O) groups excluding carboxylic acids is 1. The van der Waals surface area contributed by atoms with Gasteiger partial charge < -0.3 is 22.1 Å². The number of rotatable bonds is 3. The Morgan fingerprint density at radius 1 is 1.08 bits per heavy atom. The number of benzene rings is 2. The van der Waals surface area contributed by atoms with Gasteiger partial charge in [0.1, 0.15) is 5.82 Å². The van der Waals surface area contributed by atoms with Gasteiger partial charge in [0.15, 0.2) is 5.78 Å². The molecule has 0 aliphatic heterocycles. The summed E-state index contributed by atoms with van der Waals surface area (Å²) in [5.41, 5.74) is 1.16. The molecule has 0 heterocycles. The first-order chi connectivity index (χ1) is 11.0. The zero-order chi connectivity index (χ0) is 17.8. The third kappa shape index (κ3) is 10.5. The molecule has 0 radical (unpaired) electrons. The van der Waals surface area contributed by atoms with Gasteiger partial charge in [-0.15, -0.1) is 6.61 Å². The van der Waals surface area contributed by atoms with E-state index in [0.29, 0.717) is 16.7 Å². The minimum absolute atomic E-state index is 0. The summed E-state index contributed by atoms with van der Waals surface area (Å²) in [6.07, 6.45) is 1.25. The molecule has 0 amide bonds. The second-order valence-electron chi connectivity index (χ2n) is 4.49. The van der Waals surface area contributed by atoms with E-state index in [4.69, 9.17) is 0 Å². The largest absolute Gasteiger partial charge is 2.00 e. The topological polar surface area (TPSA) is 40.1 Å². The van der Waals surface area contributed by atoms with E-state index >= 15 is 0 Å². The molecule has 2 rings (SSSR count). The van der Waals surface area contributed by atoms with Crippen molar-refractivity contribution in [3.05, 3.63) is 69.4 Å². The van der Waals surface area contributed by atoms with Crippen LogP contribution in [0, 0.1) is 5.82 Å². The molecule has 6 heteroatoms. The fraction of sp³-hybridized carbons (Fsp3) is 0.316. The molecule has 0 aliphatic rings. The zero-order valence-electron chi connectivity index (χ0n) is 15.1. The summed E-state index contributed by atoms with van der Waals surface area (Å²) in [6.45, 7) is 7.78. The van der Waals surface area contributed by atoms with E-state index in [1.807, 2.05) is 13.8 Å². The van der Waals surface area contributed by atoms with Crippen LogP contribution in [-0.4, -0.2) is 28.8 Å². The maximum absolute atomic E-state index is 12.8. The van der Waals surface area contributed by atoms with Crippen molar-refractivity contribution in [2.75, 3.05) is 0 Å². The van der Waals surface area contributed by atoms with Crippen molar-refractivity contribution in [3.8, 4) is 0 Å². The van der Waals surface area contributed by atoms with Crippen molar-refractivity contribution in [3.63, 3.8) is 0 Å². The van der Waals surface area contributed by atoms with Crippen LogP contribution < -0.4 is 22.1 Å². The summed E-state index contributed by atoms with van der Waals surface area (Å²) in [4.78, 5) is 12.2. The number of hydrogen-bond donors (Lipinski definition) is 0. The van der Waals surface area contributed by atoms with E-state index in [1.54, 1.807) is 18.2 Å². The average Bonchev–Trinajstić information content (AvgIpc) is 2.57. The van der Waals surface area contributed by atoms with E-state index in [1.165, 1.54) is 30.7 Å². The molecule has 0 N–H and O–H groups in total. The first-order valence-electron chi connectivity index (χ1n) is 7.70. The summed E-state index contributed by atoms with van der Waals surface area (Å²) in [5, 5.41) is 11.1. The van der Waals surface area contributed by atoms with Gasteiger partial charge in [-0.2, -0.15) is 0 Å². The van der Waals surface area contributed by atoms with Crippen LogP contribution >= 0.6 is 15.9 Å². The fourth-order valence-electron chi connectivity index (χ4n) is 1.66. The molecule has 0 aliphatic carbocycles. The van der Waals surface area contributed by atoms with Crippen LogP contribution in [0.1, 0.15) is 55.6 Å². The van der Waals surface area contributed by atoms with Crippen molar-refractivity contribution in [1.82, 2.24) is 0 Å². The normalized spacial score (nSPS) is 8.44. The first kappa shape index (κ1) is 29.5. The monoisotopic (exact) mass is 484 g/mol. The van der Waals surface area contributed by atoms with Crippen LogP contribution in [0.25, 0.3) is 0 Å². The van der Waals surface area contributed by atoms with E-state index < -0.39 is 12.4 Å². The van der Waals surface area contributed by atoms with Gasteiger partial charge in [0.05, 0.1) is 0 Å². The Labute approximate surface area is 185 Å². The predicted molar refractivity (Wildman–Crippen MR) is 101 cm³/mol. The first-order valence-corrected chi connectivity index (χ1v) is 8.49. The Hall–Kier alpha value is -0.274. The number of hydrogen-bond acceptors (Lipinski definition) is 2. The SMILES string of the molecule is CC.CCC.O=C(c1ccc(F)cc1)c1ccc(Br)cc1C[O-].[Br-].[Mg+2]. The van der Waals surface area contributed by atoms with Gasteiger partial charge in [-0.05, 0) is 42.5 Å². The van der Waals surface area contributed by atoms with Gasteiger partial charge in [-0.25, -0.2) is 4.39 Å². The Morgan fingerprint density at radius 2 is 1.56 bits per heavy atom. The van der Waals surface area contributed by atoms with E-state index in [-0.39, 0.29) is 45.8 Å². The molecule has 0 fully saturated rings. The molecule has 0 spiro atoms. The maximum Gasteiger partial charge on any atom is 2.00 e. The van der Waals surface area contributed by atoms with E-state index in [9.17, 15) is 14.3 Å². The van der Waals surface area contributed by atoms with E-state index in [0.717, 1.165) is 4.47 Å². The molecule has 2 nitrogen and oxygen atoms in total. The number of ketones is 1. The standard InChI is InChI=1S/C14H9BrFO2.C3H8.C2H6.BrH.Mg/c15-11-3-6-13(10(7-11)8-17)14(18)9-1-4-12(16)5-2-9;1-3-2;1-2;;/h1-7H,8H2;3H2,1-2H3;1-2H3;1H;/q-1;;;;+2/p-1. The van der Waals surface area contributed by atoms with Crippen molar-refractivity contribution in [1.29, 1.82) is 0 Å². The number of halogens is 3. The molecule has 134 valence electrons. The van der Waals surface area contributed by atoms with Crippen LogP contribution in [0.3, 0.4) is 0 Å². The summed E-state index contributed by atoms with van der Waals surface area (Å²) >= 11 is 3.25. The molecule has 0 unspecified atom stereocenters. The third-order valence-corrected chi connectivity index (χ3v) is 3.07. The van der Waals surface area contributed by atoms with Crippen LogP contribution in [0.15, 0.2) is 46.9 Å². The van der Waals surface area contributed by atoms with Gasteiger partial charge in [-0.1, -0.05) is 55.6 Å². The molecule has 25 heavy (non-hydrogen) atoms. The molecule has 0 saturated carbocycles. The Morgan fingerprint density at radius 3 is 2.00 bits per heavy atom. The van der Waals surface area contributed by atoms with Gasteiger partial charge in [0, 0.05) is 15.6 Å². The molecular formula is C19H23Br2FMgO2. The minimum atomic E-state index is -0.471. The Kier molecular flexibility index (Phi) is 20.2. The Bertz CT molecular complexity index is 605. The van der Waals surface area contributed by atoms with Gasteiger partial charge in [-0.3, -0.25) is 4.79 Å². The summed E-state index contributed by atoms with van der Waals surface area (Å²) in [6, 6.07) is 10.2. The van der Waals surface area contributed by atoms with Crippen LogP contribution in [0.5, 0.6) is 0 Å². The maximum atomic E-state index is 12.8. The molecular weight excluding hydrogens is 463 g/mol. The number of carbonyl (C=O) groups is 1. The quantitative estimate of drug-likeness (QED) is 0.490. The summed E-state index contributed by atoms with van der Waals surface area (Å²) < 4.78 is 13.5. The average molecular weight is 487 g/mol. The van der Waals surface area contributed by atoms with Gasteiger partial charge in [0.2, 0.25) is 0 Å². The van der Waals surface area contributed by atoms with Crippen molar-refractivity contribution in [2.24, 2.45) is 0 Å². The molecule has 0 bridgehead atoms. The summed E-state index contributed by atoms with van der Waals surface area (Å²) in [7, 11) is 0. The van der Waals surface area contributed by atoms with Gasteiger partial charge >= 0.3 is 23.1 Å². The smallest absolute Gasteiger partial charge is 1.00 e. The van der Waals surface area contributed by atoms with Crippen LogP contribution in [-0.2, 0) is 6.61 Å². The van der Waals surface area contributed by atoms with Gasteiger partial charge in [0.25, 0.3) is 0 Å². The molecule has 0 aromatic heterocycles. The zero-order valence-corrected chi connectivity index (χ0v) is 19.7. The summed E-state index contributed by atoms with van der Waals surface area (Å²) in [5.74, 6) is -0.667. The third-order valence-electron chi connectivity index (χ3n) is 2.57. The Balaban J connectivity index is -0.000000627. The second-order valence-corrected chi connectivity index (χ2v) is 5.40. The van der Waals surface area contributed by atoms with E-state index in [2.05, 4.69) is 29.8 Å². The van der Waals surface area contributed by atoms with Crippen LogP contribution in [0.4, 0.5) is 4.39 Å². The second kappa shape index (κ2) is 17.2. The van der Waals surface area contributed by atoms with Crippen molar-refractivity contribution in [2.45, 2.75) is 40.7 Å². The minimum Gasteiger partial charge on any atom is -1.00 e. The molecule has 2 aromatic rings. The van der Waals surface area contributed by atoms with Crippen LogP contribution in [0.2, 0.25) is 0 Å². The predicted octanol–water partition coefficient (Wildman–Crippen LogP) is 1.75. The molecule has 2 aromatic carbocycles. The van der Waals surface area contributed by atoms with Crippen molar-refractivity contribution >= 4 is 44.8 Å². The molecule has 0 atom stereocenters. The fourth-order valence-corrected chi connectivity index (χ4v) is 2.07. The molecule has 0 saturated heterocycles. The van der Waals surface area contributed by atoms with Crippen molar-refractivity contribution < 1.29 is 31.3 Å².